The van der Waals surface area contributed by atoms with Crippen molar-refractivity contribution >= 4 is 34.5 Å². The van der Waals surface area contributed by atoms with Crippen molar-refractivity contribution in [3.8, 4) is 0 Å². The van der Waals surface area contributed by atoms with Crippen molar-refractivity contribution in [1.82, 2.24) is 0 Å². The van der Waals surface area contributed by atoms with Gasteiger partial charge >= 0.3 is 0 Å². The smallest absolute Gasteiger partial charge is 0.106 e. The zero-order valence-electron chi connectivity index (χ0n) is 10.6. The number of nitrogens with two attached hydrogens (primary N) is 1. The molecule has 0 aliphatic rings. The maximum absolute atomic E-state index is 6.18. The van der Waals surface area contributed by atoms with Crippen molar-refractivity contribution < 1.29 is 0 Å². The van der Waals surface area contributed by atoms with Crippen LogP contribution in [0.4, 0.5) is 5.69 Å². The van der Waals surface area contributed by atoms with E-state index < -0.39 is 0 Å². The number of benzene rings is 2. The Hall–Kier alpha value is -1.58. The van der Waals surface area contributed by atoms with Crippen LogP contribution in [0.15, 0.2) is 48.5 Å². The standard InChI is InChI=1S/C15H15ClN2S/c1-18(10-11-6-2-4-8-13(11)16)14-9-5-3-7-12(14)15(17)19/h2-9H,10H2,1H3,(H2,17,19). The second-order valence-corrected chi connectivity index (χ2v) is 5.18. The van der Waals surface area contributed by atoms with Crippen LogP contribution >= 0.6 is 23.8 Å². The number of thiocarbonyl (C=S) groups is 1. The van der Waals surface area contributed by atoms with Gasteiger partial charge in [-0.3, -0.25) is 0 Å². The van der Waals surface area contributed by atoms with Gasteiger partial charge in [-0.15, -0.1) is 0 Å². The number of hydrogen-bond donors (Lipinski definition) is 1. The van der Waals surface area contributed by atoms with Gasteiger partial charge in [0.25, 0.3) is 0 Å². The topological polar surface area (TPSA) is 29.3 Å². The summed E-state index contributed by atoms with van der Waals surface area (Å²) < 4.78 is 0. The lowest BCUT2D eigenvalue weighted by molar-refractivity contribution is 0.922. The summed E-state index contributed by atoms with van der Waals surface area (Å²) in [4.78, 5) is 2.50. The summed E-state index contributed by atoms with van der Waals surface area (Å²) in [6, 6.07) is 15.7. The lowest BCUT2D eigenvalue weighted by atomic mass is 10.1. The molecule has 0 spiro atoms. The van der Waals surface area contributed by atoms with Gasteiger partial charge in [-0.1, -0.05) is 54.2 Å². The van der Waals surface area contributed by atoms with Crippen LogP contribution in [-0.4, -0.2) is 12.0 Å². The van der Waals surface area contributed by atoms with Crippen molar-refractivity contribution in [2.45, 2.75) is 6.54 Å². The van der Waals surface area contributed by atoms with Crippen LogP contribution in [-0.2, 0) is 6.54 Å². The van der Waals surface area contributed by atoms with Gasteiger partial charge in [0, 0.05) is 29.9 Å². The van der Waals surface area contributed by atoms with E-state index in [1.54, 1.807) is 0 Å². The first-order chi connectivity index (χ1) is 9.09. The summed E-state index contributed by atoms with van der Waals surface area (Å²) in [6.45, 7) is 0.708. The van der Waals surface area contributed by atoms with Crippen LogP contribution < -0.4 is 10.6 Å². The second kappa shape index (κ2) is 6.04. The van der Waals surface area contributed by atoms with E-state index in [9.17, 15) is 0 Å². The van der Waals surface area contributed by atoms with Crippen LogP contribution in [0.25, 0.3) is 0 Å². The molecule has 2 nitrogen and oxygen atoms in total. The minimum absolute atomic E-state index is 0.404. The number of anilines is 1. The highest BCUT2D eigenvalue weighted by atomic mass is 35.5. The minimum atomic E-state index is 0.404. The monoisotopic (exact) mass is 290 g/mol. The quantitative estimate of drug-likeness (QED) is 0.872. The summed E-state index contributed by atoms with van der Waals surface area (Å²) in [5.74, 6) is 0. The molecule has 2 aromatic rings. The molecular formula is C15H15ClN2S. The molecule has 0 unspecified atom stereocenters. The molecule has 19 heavy (non-hydrogen) atoms. The third-order valence-electron chi connectivity index (χ3n) is 2.95. The van der Waals surface area contributed by atoms with Crippen molar-refractivity contribution in [2.75, 3.05) is 11.9 Å². The maximum Gasteiger partial charge on any atom is 0.106 e. The molecule has 0 saturated carbocycles. The molecule has 0 aromatic heterocycles. The predicted molar refractivity (Wildman–Crippen MR) is 85.9 cm³/mol. The molecule has 0 aliphatic heterocycles. The zero-order valence-corrected chi connectivity index (χ0v) is 12.2. The Morgan fingerprint density at radius 3 is 2.47 bits per heavy atom. The Balaban J connectivity index is 2.28. The van der Waals surface area contributed by atoms with Crippen LogP contribution in [0.2, 0.25) is 5.02 Å². The molecule has 98 valence electrons. The minimum Gasteiger partial charge on any atom is -0.389 e. The molecule has 0 atom stereocenters. The average Bonchev–Trinajstić information content (AvgIpc) is 2.41. The molecule has 0 bridgehead atoms. The van der Waals surface area contributed by atoms with Crippen molar-refractivity contribution in [3.05, 3.63) is 64.7 Å². The molecule has 0 saturated heterocycles. The fraction of sp³-hybridized carbons (Fsp3) is 0.133. The number of halogens is 1. The molecule has 0 fully saturated rings. The van der Waals surface area contributed by atoms with Crippen molar-refractivity contribution in [2.24, 2.45) is 5.73 Å². The van der Waals surface area contributed by atoms with Gasteiger partial charge in [0.2, 0.25) is 0 Å². The van der Waals surface area contributed by atoms with Gasteiger partial charge in [0.1, 0.15) is 4.99 Å². The van der Waals surface area contributed by atoms with E-state index >= 15 is 0 Å². The fourth-order valence-electron chi connectivity index (χ4n) is 1.98. The van der Waals surface area contributed by atoms with E-state index in [2.05, 4.69) is 4.90 Å². The number of rotatable bonds is 4. The predicted octanol–water partition coefficient (Wildman–Crippen LogP) is 3.61. The van der Waals surface area contributed by atoms with E-state index in [-0.39, 0.29) is 0 Å². The molecule has 4 heteroatoms. The lowest BCUT2D eigenvalue weighted by Gasteiger charge is -2.22. The van der Waals surface area contributed by atoms with Crippen LogP contribution in [0.1, 0.15) is 11.1 Å². The van der Waals surface area contributed by atoms with Crippen LogP contribution in [0.3, 0.4) is 0 Å². The molecule has 2 N–H and O–H groups in total. The summed E-state index contributed by atoms with van der Waals surface area (Å²) in [7, 11) is 2.00. The van der Waals surface area contributed by atoms with Gasteiger partial charge < -0.3 is 10.6 Å². The average molecular weight is 291 g/mol. The van der Waals surface area contributed by atoms with Gasteiger partial charge in [-0.25, -0.2) is 0 Å². The summed E-state index contributed by atoms with van der Waals surface area (Å²) in [6.07, 6.45) is 0. The molecule has 0 amide bonds. The second-order valence-electron chi connectivity index (χ2n) is 4.33. The highest BCUT2D eigenvalue weighted by Gasteiger charge is 2.10. The summed E-state index contributed by atoms with van der Waals surface area (Å²) in [5, 5.41) is 0.766. The third kappa shape index (κ3) is 3.25. The number of para-hydroxylation sites is 1. The normalized spacial score (nSPS) is 10.2. The third-order valence-corrected chi connectivity index (χ3v) is 3.53. The van der Waals surface area contributed by atoms with Crippen molar-refractivity contribution in [1.29, 1.82) is 0 Å². The zero-order chi connectivity index (χ0) is 13.8. The summed E-state index contributed by atoms with van der Waals surface area (Å²) in [5.41, 5.74) is 8.72. The first kappa shape index (κ1) is 13.8. The van der Waals surface area contributed by atoms with E-state index in [4.69, 9.17) is 29.6 Å². The van der Waals surface area contributed by atoms with Crippen LogP contribution in [0, 0.1) is 0 Å². The molecule has 0 aliphatic carbocycles. The molecule has 0 heterocycles. The molecule has 2 rings (SSSR count). The number of hydrogen-bond acceptors (Lipinski definition) is 2. The Morgan fingerprint density at radius 1 is 1.16 bits per heavy atom. The van der Waals surface area contributed by atoms with Gasteiger partial charge in [0.15, 0.2) is 0 Å². The Kier molecular flexibility index (Phi) is 4.40. The molecule has 2 aromatic carbocycles. The first-order valence-electron chi connectivity index (χ1n) is 5.93. The van der Waals surface area contributed by atoms with Gasteiger partial charge in [-0.2, -0.15) is 0 Å². The first-order valence-corrected chi connectivity index (χ1v) is 6.71. The van der Waals surface area contributed by atoms with Crippen LogP contribution in [0.5, 0.6) is 0 Å². The number of nitrogens with zero attached hydrogens (tertiary/aromatic N) is 1. The highest BCUT2D eigenvalue weighted by molar-refractivity contribution is 7.80. The highest BCUT2D eigenvalue weighted by Crippen LogP contribution is 2.23. The van der Waals surface area contributed by atoms with Gasteiger partial charge in [0.05, 0.1) is 0 Å². The maximum atomic E-state index is 6.18. The Morgan fingerprint density at radius 2 is 1.79 bits per heavy atom. The largest absolute Gasteiger partial charge is 0.389 e. The molecule has 0 radical (unpaired) electrons. The van der Waals surface area contributed by atoms with E-state index in [0.29, 0.717) is 11.5 Å². The summed E-state index contributed by atoms with van der Waals surface area (Å²) >= 11 is 11.3. The van der Waals surface area contributed by atoms with Gasteiger partial charge in [-0.05, 0) is 23.8 Å². The lowest BCUT2D eigenvalue weighted by Crippen LogP contribution is -2.21. The van der Waals surface area contributed by atoms with E-state index in [1.165, 1.54) is 0 Å². The Labute approximate surface area is 123 Å². The van der Waals surface area contributed by atoms with Crippen molar-refractivity contribution in [3.63, 3.8) is 0 Å². The SMILES string of the molecule is CN(Cc1ccccc1Cl)c1ccccc1C(N)=S. The van der Waals surface area contributed by atoms with E-state index in [0.717, 1.165) is 21.8 Å². The van der Waals surface area contributed by atoms with E-state index in [1.807, 2.05) is 55.6 Å². The fourth-order valence-corrected chi connectivity index (χ4v) is 2.35. The molecular weight excluding hydrogens is 276 g/mol. The Bertz CT molecular complexity index is 598.